The van der Waals surface area contributed by atoms with Crippen LogP contribution in [0.4, 0.5) is 4.79 Å². The molecule has 0 aliphatic rings. The highest BCUT2D eigenvalue weighted by Gasteiger charge is 2.29. The number of carbonyl (C=O) groups excluding carboxylic acids is 5. The number of nitrogens with one attached hydrogen (secondary N) is 3. The normalized spacial score (nSPS) is 14.4. The maximum absolute atomic E-state index is 12.6. The first-order valence-corrected chi connectivity index (χ1v) is 15.9. The van der Waals surface area contributed by atoms with Gasteiger partial charge in [0.25, 0.3) is 0 Å². The monoisotopic (exact) mass is 596 g/mol. The molecule has 0 bridgehead atoms. The molecule has 0 heterocycles. The molecule has 0 saturated carbocycles. The molecule has 0 aromatic heterocycles. The molecule has 4 atom stereocenters. The number of carbonyl (C=O) groups is 5. The minimum absolute atomic E-state index is 0.00703. The third-order valence-electron chi connectivity index (χ3n) is 7.29. The van der Waals surface area contributed by atoms with Crippen molar-refractivity contribution in [3.63, 3.8) is 0 Å². The van der Waals surface area contributed by atoms with Gasteiger partial charge in [0.1, 0.15) is 0 Å². The molecule has 42 heavy (non-hydrogen) atoms. The third kappa shape index (κ3) is 18.2. The molecular formula is C33H64N4O5. The molecule has 0 aliphatic carbocycles. The summed E-state index contributed by atoms with van der Waals surface area (Å²) in [4.78, 5) is 59.7. The van der Waals surface area contributed by atoms with E-state index in [4.69, 9.17) is 5.73 Å². The predicted octanol–water partition coefficient (Wildman–Crippen LogP) is 5.50. The summed E-state index contributed by atoms with van der Waals surface area (Å²) >= 11 is 0. The molecule has 0 radical (unpaired) electrons. The lowest BCUT2D eigenvalue weighted by molar-refractivity contribution is -0.132. The van der Waals surface area contributed by atoms with Crippen LogP contribution in [0.5, 0.6) is 0 Å². The summed E-state index contributed by atoms with van der Waals surface area (Å²) in [5, 5.41) is 8.30. The van der Waals surface area contributed by atoms with Crippen LogP contribution in [0.2, 0.25) is 0 Å². The Morgan fingerprint density at radius 3 is 1.33 bits per heavy atom. The van der Waals surface area contributed by atoms with E-state index in [9.17, 15) is 24.0 Å². The van der Waals surface area contributed by atoms with Gasteiger partial charge in [0, 0.05) is 30.2 Å². The second-order valence-electron chi connectivity index (χ2n) is 13.8. The van der Waals surface area contributed by atoms with E-state index in [0.717, 1.165) is 12.8 Å². The molecule has 5 N–H and O–H groups in total. The Morgan fingerprint density at radius 1 is 0.595 bits per heavy atom. The molecule has 4 amide bonds. The second-order valence-corrected chi connectivity index (χ2v) is 13.8. The van der Waals surface area contributed by atoms with Crippen molar-refractivity contribution in [3.05, 3.63) is 0 Å². The molecular weight excluding hydrogens is 532 g/mol. The van der Waals surface area contributed by atoms with Gasteiger partial charge in [-0.25, -0.2) is 4.79 Å². The summed E-state index contributed by atoms with van der Waals surface area (Å²) in [5.41, 5.74) is 5.03. The van der Waals surface area contributed by atoms with Crippen molar-refractivity contribution in [1.29, 1.82) is 0 Å². The van der Waals surface area contributed by atoms with E-state index in [0.29, 0.717) is 37.1 Å². The SMILES string of the molecule is CC(C)C[C@H](C(=O)N[C@@H](C)C(=O)C(C)C)C(C)C.CC(C)C[C@H](C(=O)N[C@@H](CCCNC(N)=O)C(=O)C(C)C)C(C)C. The molecule has 0 unspecified atom stereocenters. The van der Waals surface area contributed by atoms with Crippen molar-refractivity contribution < 1.29 is 24.0 Å². The standard InChI is InChI=1S/C18H35N3O3.C15H29NO2/c1-11(2)10-14(12(3)4)17(23)21-15(16(22)13(5)6)8-7-9-20-18(19)24;1-9(2)8-13(10(3)4)15(18)16-12(7)14(17)11(5)6/h11-15H,7-10H2,1-6H3,(H,21,23)(H3,19,20,24);9-13H,8H2,1-7H3,(H,16,18)/t14-,15-;12-,13-/m00/s1. The van der Waals surface area contributed by atoms with Crippen molar-refractivity contribution in [3.8, 4) is 0 Å². The van der Waals surface area contributed by atoms with E-state index in [-0.39, 0.29) is 59.0 Å². The Labute approximate surface area is 256 Å². The van der Waals surface area contributed by atoms with Gasteiger partial charge in [-0.05, 0) is 56.3 Å². The van der Waals surface area contributed by atoms with Crippen LogP contribution in [0, 0.1) is 47.3 Å². The van der Waals surface area contributed by atoms with Crippen LogP contribution in [0.3, 0.4) is 0 Å². The first-order valence-electron chi connectivity index (χ1n) is 15.9. The first-order chi connectivity index (χ1) is 19.2. The first kappa shape index (κ1) is 41.7. The van der Waals surface area contributed by atoms with Crippen molar-refractivity contribution >= 4 is 29.4 Å². The Kier molecular flexibility index (Phi) is 21.1. The number of nitrogens with two attached hydrogens (primary N) is 1. The number of amides is 4. The molecule has 9 nitrogen and oxygen atoms in total. The highest BCUT2D eigenvalue weighted by atomic mass is 16.2. The summed E-state index contributed by atoms with van der Waals surface area (Å²) < 4.78 is 0. The summed E-state index contributed by atoms with van der Waals surface area (Å²) in [6.07, 6.45) is 2.75. The Bertz CT molecular complexity index is 836. The Hall–Kier alpha value is -2.45. The minimum Gasteiger partial charge on any atom is -0.352 e. The van der Waals surface area contributed by atoms with E-state index in [1.807, 2.05) is 41.5 Å². The molecule has 0 aromatic rings. The third-order valence-corrected chi connectivity index (χ3v) is 7.29. The number of hydrogen-bond acceptors (Lipinski definition) is 5. The van der Waals surface area contributed by atoms with Gasteiger partial charge in [-0.2, -0.15) is 0 Å². The van der Waals surface area contributed by atoms with Crippen molar-refractivity contribution in [2.45, 2.75) is 128 Å². The highest BCUT2D eigenvalue weighted by Crippen LogP contribution is 2.22. The number of rotatable bonds is 18. The Morgan fingerprint density at radius 2 is 1.00 bits per heavy atom. The number of ketones is 2. The maximum atomic E-state index is 12.6. The molecule has 0 aliphatic heterocycles. The smallest absolute Gasteiger partial charge is 0.312 e. The quantitative estimate of drug-likeness (QED) is 0.154. The fourth-order valence-corrected chi connectivity index (χ4v) is 4.76. The van der Waals surface area contributed by atoms with Crippen LogP contribution in [-0.4, -0.2) is 48.0 Å². The molecule has 0 fully saturated rings. The second kappa shape index (κ2) is 21.3. The molecule has 0 saturated heterocycles. The summed E-state index contributed by atoms with van der Waals surface area (Å²) in [6.45, 7) is 26.1. The van der Waals surface area contributed by atoms with Gasteiger partial charge in [0.15, 0.2) is 11.6 Å². The van der Waals surface area contributed by atoms with Crippen LogP contribution in [0.15, 0.2) is 0 Å². The van der Waals surface area contributed by atoms with Gasteiger partial charge in [0.2, 0.25) is 11.8 Å². The van der Waals surface area contributed by atoms with E-state index in [1.54, 1.807) is 6.92 Å². The fraction of sp³-hybridized carbons (Fsp3) is 0.848. The van der Waals surface area contributed by atoms with E-state index >= 15 is 0 Å². The molecule has 0 rings (SSSR count). The molecule has 0 spiro atoms. The molecule has 246 valence electrons. The van der Waals surface area contributed by atoms with Crippen LogP contribution < -0.4 is 21.7 Å². The van der Waals surface area contributed by atoms with Gasteiger partial charge in [-0.1, -0.05) is 83.1 Å². The largest absolute Gasteiger partial charge is 0.352 e. The molecule has 9 heteroatoms. The zero-order valence-corrected chi connectivity index (χ0v) is 28.9. The minimum atomic E-state index is -0.581. The average molecular weight is 597 g/mol. The lowest BCUT2D eigenvalue weighted by atomic mass is 9.86. The summed E-state index contributed by atoms with van der Waals surface area (Å²) in [6, 6.07) is -1.48. The van der Waals surface area contributed by atoms with Crippen LogP contribution in [0.25, 0.3) is 0 Å². The van der Waals surface area contributed by atoms with Crippen molar-refractivity contribution in [1.82, 2.24) is 16.0 Å². The zero-order valence-electron chi connectivity index (χ0n) is 28.9. The van der Waals surface area contributed by atoms with Gasteiger partial charge in [0.05, 0.1) is 12.1 Å². The Balaban J connectivity index is 0. The van der Waals surface area contributed by atoms with Crippen LogP contribution >= 0.6 is 0 Å². The van der Waals surface area contributed by atoms with E-state index in [1.165, 1.54) is 0 Å². The van der Waals surface area contributed by atoms with E-state index < -0.39 is 12.1 Å². The van der Waals surface area contributed by atoms with Gasteiger partial charge < -0.3 is 21.7 Å². The fourth-order valence-electron chi connectivity index (χ4n) is 4.76. The summed E-state index contributed by atoms with van der Waals surface area (Å²) in [5.74, 6) is 1.20. The van der Waals surface area contributed by atoms with Gasteiger partial charge in [-0.15, -0.1) is 0 Å². The zero-order chi connectivity index (χ0) is 33.3. The van der Waals surface area contributed by atoms with Gasteiger partial charge in [-0.3, -0.25) is 19.2 Å². The van der Waals surface area contributed by atoms with E-state index in [2.05, 4.69) is 57.5 Å². The van der Waals surface area contributed by atoms with Crippen molar-refractivity contribution in [2.24, 2.45) is 53.1 Å². The molecule has 0 aromatic carbocycles. The topological polar surface area (TPSA) is 147 Å². The highest BCUT2D eigenvalue weighted by molar-refractivity contribution is 5.91. The average Bonchev–Trinajstić information content (AvgIpc) is 2.85. The van der Waals surface area contributed by atoms with Gasteiger partial charge >= 0.3 is 6.03 Å². The lowest BCUT2D eigenvalue weighted by Crippen LogP contribution is -2.46. The van der Waals surface area contributed by atoms with Crippen LogP contribution in [0.1, 0.15) is 116 Å². The maximum Gasteiger partial charge on any atom is 0.312 e. The number of hydrogen-bond donors (Lipinski definition) is 4. The predicted molar refractivity (Wildman–Crippen MR) is 172 cm³/mol. The van der Waals surface area contributed by atoms with Crippen molar-refractivity contribution in [2.75, 3.05) is 6.54 Å². The lowest BCUT2D eigenvalue weighted by Gasteiger charge is -2.26. The number of Topliss-reactive ketones (excluding diaryl/α,β-unsaturated/α-hetero) is 2. The summed E-state index contributed by atoms with van der Waals surface area (Å²) in [7, 11) is 0. The number of primary amides is 1. The van der Waals surface area contributed by atoms with Crippen LogP contribution in [-0.2, 0) is 19.2 Å². The number of urea groups is 1.